The molecule has 0 bridgehead atoms. The molecule has 4 aromatic rings. The predicted octanol–water partition coefficient (Wildman–Crippen LogP) is 6.30. The van der Waals surface area contributed by atoms with Crippen LogP contribution in [0, 0.1) is 0 Å². The summed E-state index contributed by atoms with van der Waals surface area (Å²) in [7, 11) is 0. The van der Waals surface area contributed by atoms with Gasteiger partial charge in [0.1, 0.15) is 5.60 Å². The third kappa shape index (κ3) is 7.28. The Morgan fingerprint density at radius 3 is 2.13 bits per heavy atom. The smallest absolute Gasteiger partial charge is 0.410 e. The zero-order chi connectivity index (χ0) is 31.4. The Bertz CT molecular complexity index is 1580. The van der Waals surface area contributed by atoms with E-state index < -0.39 is 5.60 Å². The van der Waals surface area contributed by atoms with Crippen LogP contribution in [0.2, 0.25) is 0 Å². The molecule has 0 aliphatic carbocycles. The molecule has 0 radical (unpaired) electrons. The van der Waals surface area contributed by atoms with Crippen molar-refractivity contribution in [3.05, 3.63) is 114 Å². The lowest BCUT2D eigenvalue weighted by Crippen LogP contribution is -2.58. The molecule has 2 saturated heterocycles. The van der Waals surface area contributed by atoms with Crippen molar-refractivity contribution in [3.63, 3.8) is 0 Å². The van der Waals surface area contributed by atoms with Gasteiger partial charge in [0, 0.05) is 50.9 Å². The lowest BCUT2D eigenvalue weighted by Gasteiger charge is -2.41. The van der Waals surface area contributed by atoms with Crippen molar-refractivity contribution >= 4 is 12.0 Å². The number of ether oxygens (including phenoxy) is 1. The summed E-state index contributed by atoms with van der Waals surface area (Å²) in [6.07, 6.45) is 3.13. The average Bonchev–Trinajstić information content (AvgIpc) is 3.69. The normalized spacial score (nSPS) is 19.1. The standard InChI is InChI=1S/C37H43N5O3/c1-37(2,3)45-36(44)40-21-22-41(32(26-40)23-28-13-7-4-8-14-28)35(43)33-34(30-17-11-6-12-18-30)42(27-38-33)31-19-20-39(25-31)24-29-15-9-5-10-16-29/h4-18,27,31-32H,19-26H2,1-3H3/t31?,32-/m1/s1. The molecule has 8 heteroatoms. The largest absolute Gasteiger partial charge is 0.444 e. The molecule has 2 aliphatic heterocycles. The molecule has 2 aliphatic rings. The Morgan fingerprint density at radius 2 is 1.47 bits per heavy atom. The number of imidazole rings is 1. The molecule has 2 fully saturated rings. The topological polar surface area (TPSA) is 70.9 Å². The summed E-state index contributed by atoms with van der Waals surface area (Å²) < 4.78 is 7.92. The molecule has 0 N–H and O–H groups in total. The highest BCUT2D eigenvalue weighted by molar-refractivity contribution is 5.98. The quantitative estimate of drug-likeness (QED) is 0.247. The number of carbonyl (C=O) groups is 2. The van der Waals surface area contributed by atoms with Crippen LogP contribution in [0.25, 0.3) is 11.3 Å². The first kappa shape index (κ1) is 30.6. The van der Waals surface area contributed by atoms with Crippen molar-refractivity contribution in [1.82, 2.24) is 24.3 Å². The Balaban J connectivity index is 1.28. The van der Waals surface area contributed by atoms with E-state index in [1.165, 1.54) is 5.56 Å². The van der Waals surface area contributed by atoms with E-state index in [1.807, 2.05) is 74.5 Å². The fourth-order valence-corrected chi connectivity index (χ4v) is 6.51. The minimum Gasteiger partial charge on any atom is -0.444 e. The summed E-state index contributed by atoms with van der Waals surface area (Å²) in [5, 5.41) is 0. The van der Waals surface area contributed by atoms with Gasteiger partial charge in [0.25, 0.3) is 5.91 Å². The monoisotopic (exact) mass is 605 g/mol. The van der Waals surface area contributed by atoms with Gasteiger partial charge in [-0.05, 0) is 44.7 Å². The van der Waals surface area contributed by atoms with Gasteiger partial charge in [0.05, 0.1) is 18.1 Å². The second-order valence-corrected chi connectivity index (χ2v) is 13.1. The van der Waals surface area contributed by atoms with Crippen LogP contribution < -0.4 is 0 Å². The number of piperazine rings is 1. The summed E-state index contributed by atoms with van der Waals surface area (Å²) in [4.78, 5) is 38.6. The number of aromatic nitrogens is 2. The molecule has 0 saturated carbocycles. The van der Waals surface area contributed by atoms with Crippen molar-refractivity contribution in [2.45, 2.75) is 57.8 Å². The van der Waals surface area contributed by atoms with E-state index in [0.29, 0.717) is 31.7 Å². The summed E-state index contributed by atoms with van der Waals surface area (Å²) in [5.41, 5.74) is 4.13. The first-order valence-corrected chi connectivity index (χ1v) is 16.0. The van der Waals surface area contributed by atoms with Crippen LogP contribution >= 0.6 is 0 Å². The molecule has 3 heterocycles. The Morgan fingerprint density at radius 1 is 0.822 bits per heavy atom. The Kier molecular flexibility index (Phi) is 9.03. The number of carbonyl (C=O) groups excluding carboxylic acids is 2. The van der Waals surface area contributed by atoms with Crippen LogP contribution in [0.15, 0.2) is 97.3 Å². The van der Waals surface area contributed by atoms with E-state index in [9.17, 15) is 9.59 Å². The second kappa shape index (κ2) is 13.3. The lowest BCUT2D eigenvalue weighted by molar-refractivity contribution is 0.00429. The fourth-order valence-electron chi connectivity index (χ4n) is 6.51. The van der Waals surface area contributed by atoms with Crippen LogP contribution in [0.4, 0.5) is 4.79 Å². The number of benzene rings is 3. The number of likely N-dealkylation sites (tertiary alicyclic amines) is 1. The highest BCUT2D eigenvalue weighted by Gasteiger charge is 2.37. The zero-order valence-corrected chi connectivity index (χ0v) is 26.5. The van der Waals surface area contributed by atoms with Crippen LogP contribution in [0.1, 0.15) is 54.8 Å². The van der Waals surface area contributed by atoms with Gasteiger partial charge in [-0.2, -0.15) is 0 Å². The molecular formula is C37H43N5O3. The minimum absolute atomic E-state index is 0.100. The molecular weight excluding hydrogens is 562 g/mol. The second-order valence-electron chi connectivity index (χ2n) is 13.1. The van der Waals surface area contributed by atoms with E-state index in [2.05, 4.69) is 58.0 Å². The molecule has 3 aromatic carbocycles. The van der Waals surface area contributed by atoms with Gasteiger partial charge >= 0.3 is 6.09 Å². The summed E-state index contributed by atoms with van der Waals surface area (Å²) in [6, 6.07) is 30.8. The highest BCUT2D eigenvalue weighted by Crippen LogP contribution is 2.33. The highest BCUT2D eigenvalue weighted by atomic mass is 16.6. The zero-order valence-electron chi connectivity index (χ0n) is 26.5. The van der Waals surface area contributed by atoms with Crippen LogP contribution in [0.3, 0.4) is 0 Å². The van der Waals surface area contributed by atoms with Crippen molar-refractivity contribution in [1.29, 1.82) is 0 Å². The van der Waals surface area contributed by atoms with Crippen molar-refractivity contribution in [3.8, 4) is 11.3 Å². The van der Waals surface area contributed by atoms with Crippen LogP contribution in [0.5, 0.6) is 0 Å². The third-order valence-corrected chi connectivity index (χ3v) is 8.64. The average molecular weight is 606 g/mol. The number of hydrogen-bond donors (Lipinski definition) is 0. The number of nitrogens with zero attached hydrogens (tertiary/aromatic N) is 5. The van der Waals surface area contributed by atoms with Gasteiger partial charge < -0.3 is 19.1 Å². The van der Waals surface area contributed by atoms with Gasteiger partial charge in [-0.25, -0.2) is 9.78 Å². The molecule has 234 valence electrons. The maximum atomic E-state index is 14.5. The molecule has 0 spiro atoms. The lowest BCUT2D eigenvalue weighted by atomic mass is 10.0. The van der Waals surface area contributed by atoms with Crippen LogP contribution in [-0.2, 0) is 17.7 Å². The van der Waals surface area contributed by atoms with Gasteiger partial charge in [-0.15, -0.1) is 0 Å². The molecule has 2 atom stereocenters. The van der Waals surface area contributed by atoms with Gasteiger partial charge in [0.15, 0.2) is 5.69 Å². The SMILES string of the molecule is CC(C)(C)OC(=O)N1CCN(C(=O)c2ncn(C3CCN(Cc4ccccc4)C3)c2-c2ccccc2)[C@H](Cc2ccccc2)C1. The van der Waals surface area contributed by atoms with Gasteiger partial charge in [-0.3, -0.25) is 9.69 Å². The fraction of sp³-hybridized carbons (Fsp3) is 0.378. The summed E-state index contributed by atoms with van der Waals surface area (Å²) >= 11 is 0. The van der Waals surface area contributed by atoms with Crippen molar-refractivity contribution in [2.75, 3.05) is 32.7 Å². The first-order valence-electron chi connectivity index (χ1n) is 16.0. The van der Waals surface area contributed by atoms with E-state index in [-0.39, 0.29) is 24.1 Å². The molecule has 8 nitrogen and oxygen atoms in total. The Labute approximate surface area is 266 Å². The maximum Gasteiger partial charge on any atom is 0.410 e. The number of rotatable bonds is 7. The van der Waals surface area contributed by atoms with Crippen molar-refractivity contribution in [2.24, 2.45) is 0 Å². The maximum absolute atomic E-state index is 14.5. The summed E-state index contributed by atoms with van der Waals surface area (Å²) in [6.45, 7) is 9.62. The molecule has 45 heavy (non-hydrogen) atoms. The van der Waals surface area contributed by atoms with E-state index in [0.717, 1.165) is 42.9 Å². The van der Waals surface area contributed by atoms with Gasteiger partial charge in [0.2, 0.25) is 0 Å². The van der Waals surface area contributed by atoms with E-state index >= 15 is 0 Å². The van der Waals surface area contributed by atoms with E-state index in [1.54, 1.807) is 4.90 Å². The van der Waals surface area contributed by atoms with Crippen LogP contribution in [-0.4, -0.2) is 80.6 Å². The molecule has 1 unspecified atom stereocenters. The molecule has 1 aromatic heterocycles. The Hall–Kier alpha value is -4.43. The number of hydrogen-bond acceptors (Lipinski definition) is 5. The van der Waals surface area contributed by atoms with E-state index in [4.69, 9.17) is 9.72 Å². The first-order chi connectivity index (χ1) is 21.7. The van der Waals surface area contributed by atoms with Crippen molar-refractivity contribution < 1.29 is 14.3 Å². The van der Waals surface area contributed by atoms with Gasteiger partial charge in [-0.1, -0.05) is 91.0 Å². The number of amides is 2. The third-order valence-electron chi connectivity index (χ3n) is 8.64. The summed E-state index contributed by atoms with van der Waals surface area (Å²) in [5.74, 6) is -0.100. The predicted molar refractivity (Wildman–Crippen MR) is 176 cm³/mol. The molecule has 2 amide bonds. The molecule has 6 rings (SSSR count). The minimum atomic E-state index is -0.590.